The van der Waals surface area contributed by atoms with Crippen molar-refractivity contribution in [2.24, 2.45) is 0 Å². The van der Waals surface area contributed by atoms with Crippen LogP contribution in [0.1, 0.15) is 38.9 Å². The van der Waals surface area contributed by atoms with Gasteiger partial charge in [0.15, 0.2) is 0 Å². The van der Waals surface area contributed by atoms with Crippen LogP contribution in [0, 0.1) is 5.82 Å². The number of hydrogen-bond acceptors (Lipinski definition) is 3. The van der Waals surface area contributed by atoms with Crippen molar-refractivity contribution in [2.75, 3.05) is 10.6 Å². The minimum absolute atomic E-state index is 0.00720. The molecule has 0 aliphatic heterocycles. The van der Waals surface area contributed by atoms with E-state index in [1.807, 2.05) is 41.0 Å². The van der Waals surface area contributed by atoms with Gasteiger partial charge in [-0.25, -0.2) is 9.37 Å². The van der Waals surface area contributed by atoms with E-state index in [2.05, 4.69) is 22.5 Å². The van der Waals surface area contributed by atoms with E-state index in [1.54, 1.807) is 30.7 Å². The molecule has 4 aromatic rings. The van der Waals surface area contributed by atoms with Gasteiger partial charge in [0.25, 0.3) is 11.8 Å². The molecule has 0 spiro atoms. The third kappa shape index (κ3) is 5.51. The maximum atomic E-state index is 13.8. The van der Waals surface area contributed by atoms with Crippen LogP contribution in [-0.2, 0) is 13.0 Å². The van der Waals surface area contributed by atoms with Gasteiger partial charge in [-0.15, -0.1) is 0 Å². The summed E-state index contributed by atoms with van der Waals surface area (Å²) in [6.45, 7) is 2.57. The Bertz CT molecular complexity index is 1280. The topological polar surface area (TPSA) is 76.0 Å². The number of halogens is 1. The highest BCUT2D eigenvalue weighted by atomic mass is 19.1. The van der Waals surface area contributed by atoms with Gasteiger partial charge in [-0.3, -0.25) is 9.59 Å². The molecule has 4 rings (SSSR count). The van der Waals surface area contributed by atoms with E-state index in [0.717, 1.165) is 23.2 Å². The second-order valence-corrected chi connectivity index (χ2v) is 7.57. The normalized spacial score (nSPS) is 10.6. The predicted octanol–water partition coefficient (Wildman–Crippen LogP) is 5.14. The van der Waals surface area contributed by atoms with Crippen molar-refractivity contribution in [3.05, 3.63) is 114 Å². The lowest BCUT2D eigenvalue weighted by molar-refractivity contribution is 0.101. The van der Waals surface area contributed by atoms with Gasteiger partial charge in [0.05, 0.1) is 11.9 Å². The van der Waals surface area contributed by atoms with E-state index in [1.165, 1.54) is 18.2 Å². The monoisotopic (exact) mass is 442 g/mol. The van der Waals surface area contributed by atoms with Gasteiger partial charge in [-0.1, -0.05) is 43.3 Å². The summed E-state index contributed by atoms with van der Waals surface area (Å²) in [5.41, 5.74) is 3.72. The summed E-state index contributed by atoms with van der Waals surface area (Å²) in [5, 5.41) is 5.56. The zero-order valence-electron chi connectivity index (χ0n) is 18.1. The van der Waals surface area contributed by atoms with E-state index in [4.69, 9.17) is 0 Å². The molecule has 0 unspecified atom stereocenters. The van der Waals surface area contributed by atoms with Crippen LogP contribution >= 0.6 is 0 Å². The Morgan fingerprint density at radius 2 is 1.64 bits per heavy atom. The van der Waals surface area contributed by atoms with Crippen LogP contribution in [0.3, 0.4) is 0 Å². The van der Waals surface area contributed by atoms with Crippen LogP contribution in [0.15, 0.2) is 85.3 Å². The molecule has 2 amide bonds. The summed E-state index contributed by atoms with van der Waals surface area (Å²) in [6.07, 6.45) is 4.18. The average Bonchev–Trinajstić information content (AvgIpc) is 3.29. The molecule has 166 valence electrons. The number of carbonyl (C=O) groups is 2. The highest BCUT2D eigenvalue weighted by molar-refractivity contribution is 6.04. The van der Waals surface area contributed by atoms with Crippen molar-refractivity contribution in [1.29, 1.82) is 0 Å². The quantitative estimate of drug-likeness (QED) is 0.416. The Kier molecular flexibility index (Phi) is 6.59. The third-order valence-electron chi connectivity index (χ3n) is 5.15. The van der Waals surface area contributed by atoms with Gasteiger partial charge in [-0.2, -0.15) is 0 Å². The molecule has 2 N–H and O–H groups in total. The highest BCUT2D eigenvalue weighted by Gasteiger charge is 2.12. The highest BCUT2D eigenvalue weighted by Crippen LogP contribution is 2.15. The third-order valence-corrected chi connectivity index (χ3v) is 5.15. The first-order valence-electron chi connectivity index (χ1n) is 10.6. The Morgan fingerprint density at radius 1 is 0.879 bits per heavy atom. The van der Waals surface area contributed by atoms with Crippen molar-refractivity contribution < 1.29 is 14.0 Å². The van der Waals surface area contributed by atoms with Crippen LogP contribution < -0.4 is 10.6 Å². The minimum Gasteiger partial charge on any atom is -0.332 e. The number of anilines is 2. The van der Waals surface area contributed by atoms with Gasteiger partial charge in [0.1, 0.15) is 11.5 Å². The average molecular weight is 442 g/mol. The van der Waals surface area contributed by atoms with Crippen molar-refractivity contribution >= 4 is 23.2 Å². The number of nitrogens with zero attached hydrogens (tertiary/aromatic N) is 2. The Labute approximate surface area is 191 Å². The lowest BCUT2D eigenvalue weighted by Gasteiger charge is -2.08. The molecule has 0 atom stereocenters. The molecular formula is C26H23FN4O2. The molecule has 1 heterocycles. The largest absolute Gasteiger partial charge is 0.332 e. The molecule has 0 aliphatic rings. The molecule has 0 saturated carbocycles. The maximum absolute atomic E-state index is 13.8. The summed E-state index contributed by atoms with van der Waals surface area (Å²) in [4.78, 5) is 29.0. The van der Waals surface area contributed by atoms with Crippen molar-refractivity contribution in [3.63, 3.8) is 0 Å². The number of imidazole rings is 1. The zero-order chi connectivity index (χ0) is 23.2. The summed E-state index contributed by atoms with van der Waals surface area (Å²) in [6, 6.07) is 20.8. The number of rotatable bonds is 7. The van der Waals surface area contributed by atoms with E-state index in [0.29, 0.717) is 17.9 Å². The number of benzene rings is 3. The summed E-state index contributed by atoms with van der Waals surface area (Å²) < 4.78 is 15.6. The van der Waals surface area contributed by atoms with E-state index >= 15 is 0 Å². The molecule has 3 aromatic carbocycles. The second-order valence-electron chi connectivity index (χ2n) is 7.57. The van der Waals surface area contributed by atoms with Crippen LogP contribution in [0.25, 0.3) is 0 Å². The molecule has 0 bridgehead atoms. The molecule has 7 heteroatoms. The molecule has 0 radical (unpaired) electrons. The zero-order valence-corrected chi connectivity index (χ0v) is 18.1. The number of amides is 2. The minimum atomic E-state index is -0.565. The predicted molar refractivity (Wildman–Crippen MR) is 126 cm³/mol. The number of aromatic nitrogens is 2. The van der Waals surface area contributed by atoms with Crippen molar-refractivity contribution in [2.45, 2.75) is 19.9 Å². The van der Waals surface area contributed by atoms with Crippen molar-refractivity contribution in [1.82, 2.24) is 9.55 Å². The van der Waals surface area contributed by atoms with E-state index in [9.17, 15) is 14.0 Å². The molecule has 0 aliphatic carbocycles. The van der Waals surface area contributed by atoms with E-state index in [-0.39, 0.29) is 11.5 Å². The summed E-state index contributed by atoms with van der Waals surface area (Å²) in [7, 11) is 0. The van der Waals surface area contributed by atoms with Crippen LogP contribution in [0.2, 0.25) is 0 Å². The first-order chi connectivity index (χ1) is 16.0. The maximum Gasteiger partial charge on any atom is 0.275 e. The van der Waals surface area contributed by atoms with Crippen molar-refractivity contribution in [3.8, 4) is 0 Å². The Balaban J connectivity index is 1.36. The van der Waals surface area contributed by atoms with Gasteiger partial charge in [0.2, 0.25) is 0 Å². The number of carbonyl (C=O) groups excluding carboxylic acids is 2. The standard InChI is InChI=1S/C26H23FN4O2/c1-2-18-6-5-7-21(14-18)30-26(33)24-16-31(17-28-24)15-19-10-12-20(13-11-19)29-25(32)22-8-3-4-9-23(22)27/h3-14,16-17H,2,15H2,1H3,(H,29,32)(H,30,33). The number of nitrogens with one attached hydrogen (secondary N) is 2. The SMILES string of the molecule is CCc1cccc(NC(=O)c2cn(Cc3ccc(NC(=O)c4ccccc4F)cc3)cn2)c1. The van der Waals surface area contributed by atoms with Gasteiger partial charge < -0.3 is 15.2 Å². The number of hydrogen-bond donors (Lipinski definition) is 2. The molecule has 33 heavy (non-hydrogen) atoms. The fourth-order valence-electron chi connectivity index (χ4n) is 3.38. The Morgan fingerprint density at radius 3 is 2.39 bits per heavy atom. The van der Waals surface area contributed by atoms with Gasteiger partial charge in [0, 0.05) is 24.1 Å². The first-order valence-corrected chi connectivity index (χ1v) is 10.6. The van der Waals surface area contributed by atoms with Crippen LogP contribution in [-0.4, -0.2) is 21.4 Å². The molecule has 0 fully saturated rings. The lowest BCUT2D eigenvalue weighted by Crippen LogP contribution is -2.13. The second kappa shape index (κ2) is 9.91. The summed E-state index contributed by atoms with van der Waals surface area (Å²) in [5.74, 6) is -1.34. The van der Waals surface area contributed by atoms with Gasteiger partial charge in [-0.05, 0) is 53.9 Å². The smallest absolute Gasteiger partial charge is 0.275 e. The van der Waals surface area contributed by atoms with E-state index < -0.39 is 11.7 Å². The first kappa shape index (κ1) is 22.0. The fraction of sp³-hybridized carbons (Fsp3) is 0.115. The fourth-order valence-corrected chi connectivity index (χ4v) is 3.38. The number of aryl methyl sites for hydroxylation is 1. The molecule has 6 nitrogen and oxygen atoms in total. The molecular weight excluding hydrogens is 419 g/mol. The van der Waals surface area contributed by atoms with Gasteiger partial charge >= 0.3 is 0 Å². The summed E-state index contributed by atoms with van der Waals surface area (Å²) >= 11 is 0. The van der Waals surface area contributed by atoms with Crippen LogP contribution in [0.4, 0.5) is 15.8 Å². The molecule has 0 saturated heterocycles. The van der Waals surface area contributed by atoms with Crippen LogP contribution in [0.5, 0.6) is 0 Å². The lowest BCUT2D eigenvalue weighted by atomic mass is 10.1. The molecule has 1 aromatic heterocycles. The Hall–Kier alpha value is -4.26.